The van der Waals surface area contributed by atoms with Gasteiger partial charge in [-0.1, -0.05) is 35.1 Å². The van der Waals surface area contributed by atoms with Crippen molar-refractivity contribution in [2.24, 2.45) is 0 Å². The molecule has 0 aliphatic rings. The number of carbonyl (C=O) groups is 1. The summed E-state index contributed by atoms with van der Waals surface area (Å²) in [7, 11) is 0. The van der Waals surface area contributed by atoms with Gasteiger partial charge in [-0.2, -0.15) is 0 Å². The number of carbonyl (C=O) groups excluding carboxylic acids is 1. The first kappa shape index (κ1) is 14.7. The van der Waals surface area contributed by atoms with Crippen molar-refractivity contribution < 1.29 is 9.18 Å². The van der Waals surface area contributed by atoms with Gasteiger partial charge in [0.1, 0.15) is 5.82 Å². The van der Waals surface area contributed by atoms with Crippen molar-refractivity contribution in [2.75, 3.05) is 11.0 Å². The molecule has 0 saturated heterocycles. The fourth-order valence-corrected chi connectivity index (χ4v) is 3.35. The molecule has 2 rings (SSSR count). The van der Waals surface area contributed by atoms with Crippen molar-refractivity contribution in [2.45, 2.75) is 19.3 Å². The highest BCUT2D eigenvalue weighted by Crippen LogP contribution is 2.26. The molecule has 0 saturated carbocycles. The van der Waals surface area contributed by atoms with E-state index in [2.05, 4.69) is 27.9 Å². The number of amides is 1. The monoisotopic (exact) mass is 391 g/mol. The molecule has 5 heteroatoms. The summed E-state index contributed by atoms with van der Waals surface area (Å²) >= 11 is 3.69. The van der Waals surface area contributed by atoms with E-state index in [9.17, 15) is 9.18 Å². The number of hydrogen-bond acceptors (Lipinski definition) is 2. The minimum atomic E-state index is -0.264. The minimum Gasteiger partial charge on any atom is -0.351 e. The maximum atomic E-state index is 13.1. The van der Waals surface area contributed by atoms with Crippen molar-refractivity contribution in [3.8, 4) is 0 Å². The van der Waals surface area contributed by atoms with Crippen LogP contribution in [0.5, 0.6) is 0 Å². The van der Waals surface area contributed by atoms with Gasteiger partial charge in [-0.25, -0.2) is 4.39 Å². The predicted molar refractivity (Wildman–Crippen MR) is 86.9 cm³/mol. The molecule has 102 valence electrons. The molecule has 1 aromatic heterocycles. The lowest BCUT2D eigenvalue weighted by atomic mass is 10.2. The van der Waals surface area contributed by atoms with Gasteiger partial charge in [-0.3, -0.25) is 4.79 Å². The average molecular weight is 391 g/mol. The summed E-state index contributed by atoms with van der Waals surface area (Å²) in [5, 5.41) is 3.83. The Kier molecular flexibility index (Phi) is 5.57. The van der Waals surface area contributed by atoms with Gasteiger partial charge < -0.3 is 5.32 Å². The maximum absolute atomic E-state index is 13.1. The standard InChI is InChI=1S/C14H15FINOS/c15-11-5-4-10-8-13(19-12(10)9-11)14(18)17-7-3-1-2-6-16/h4-5,8-9H,1-3,6-7H2,(H,17,18). The van der Waals surface area contributed by atoms with Crippen LogP contribution in [-0.4, -0.2) is 16.9 Å². The van der Waals surface area contributed by atoms with Crippen LogP contribution in [0.1, 0.15) is 28.9 Å². The van der Waals surface area contributed by atoms with E-state index in [1.54, 1.807) is 6.07 Å². The third kappa shape index (κ3) is 4.14. The largest absolute Gasteiger partial charge is 0.351 e. The average Bonchev–Trinajstić information content (AvgIpc) is 2.81. The van der Waals surface area contributed by atoms with Crippen molar-refractivity contribution in [3.63, 3.8) is 0 Å². The van der Waals surface area contributed by atoms with Gasteiger partial charge in [0, 0.05) is 11.2 Å². The van der Waals surface area contributed by atoms with E-state index < -0.39 is 0 Å². The summed E-state index contributed by atoms with van der Waals surface area (Å²) in [4.78, 5) is 12.6. The fraction of sp³-hybridized carbons (Fsp3) is 0.357. The topological polar surface area (TPSA) is 29.1 Å². The Morgan fingerprint density at radius 2 is 2.11 bits per heavy atom. The van der Waals surface area contributed by atoms with Crippen LogP contribution < -0.4 is 5.32 Å². The Balaban J connectivity index is 1.94. The van der Waals surface area contributed by atoms with Gasteiger partial charge in [0.15, 0.2) is 0 Å². The molecule has 1 N–H and O–H groups in total. The summed E-state index contributed by atoms with van der Waals surface area (Å²) in [6, 6.07) is 6.41. The van der Waals surface area contributed by atoms with Crippen LogP contribution in [0.4, 0.5) is 4.39 Å². The molecule has 1 heterocycles. The molecule has 0 aliphatic heterocycles. The summed E-state index contributed by atoms with van der Waals surface area (Å²) in [6.45, 7) is 0.706. The summed E-state index contributed by atoms with van der Waals surface area (Å²) in [5.74, 6) is -0.323. The molecule has 19 heavy (non-hydrogen) atoms. The fourth-order valence-electron chi connectivity index (χ4n) is 1.80. The first-order valence-corrected chi connectivity index (χ1v) is 8.58. The highest BCUT2D eigenvalue weighted by Gasteiger charge is 2.09. The molecule has 0 radical (unpaired) electrons. The molecule has 2 nitrogen and oxygen atoms in total. The van der Waals surface area contributed by atoms with E-state index in [0.29, 0.717) is 11.4 Å². The van der Waals surface area contributed by atoms with Gasteiger partial charge >= 0.3 is 0 Å². The molecular formula is C14H15FINOS. The van der Waals surface area contributed by atoms with Gasteiger partial charge in [0.25, 0.3) is 5.91 Å². The zero-order valence-corrected chi connectivity index (χ0v) is 13.4. The Morgan fingerprint density at radius 3 is 2.89 bits per heavy atom. The predicted octanol–water partition coefficient (Wildman–Crippen LogP) is 4.38. The van der Waals surface area contributed by atoms with Crippen LogP contribution in [0.2, 0.25) is 0 Å². The van der Waals surface area contributed by atoms with Crippen molar-refractivity contribution in [3.05, 3.63) is 35.0 Å². The lowest BCUT2D eigenvalue weighted by Crippen LogP contribution is -2.23. The van der Waals surface area contributed by atoms with Crippen LogP contribution >= 0.6 is 33.9 Å². The number of benzene rings is 1. The number of nitrogens with one attached hydrogen (secondary N) is 1. The molecule has 0 fully saturated rings. The number of unbranched alkanes of at least 4 members (excludes halogenated alkanes) is 2. The smallest absolute Gasteiger partial charge is 0.261 e. The van der Waals surface area contributed by atoms with E-state index in [1.165, 1.54) is 29.9 Å². The number of hydrogen-bond donors (Lipinski definition) is 1. The Morgan fingerprint density at radius 1 is 1.26 bits per heavy atom. The van der Waals surface area contributed by atoms with Crippen molar-refractivity contribution in [1.29, 1.82) is 0 Å². The van der Waals surface area contributed by atoms with Gasteiger partial charge in [-0.05, 0) is 40.9 Å². The lowest BCUT2D eigenvalue weighted by Gasteiger charge is -2.02. The SMILES string of the molecule is O=C(NCCCCCI)c1cc2ccc(F)cc2s1. The quantitative estimate of drug-likeness (QED) is 0.442. The Hall–Kier alpha value is -0.690. The first-order valence-electron chi connectivity index (χ1n) is 6.24. The maximum Gasteiger partial charge on any atom is 0.261 e. The number of thiophene rings is 1. The van der Waals surface area contributed by atoms with Crippen LogP contribution in [0.3, 0.4) is 0 Å². The van der Waals surface area contributed by atoms with E-state index in [1.807, 2.05) is 6.07 Å². The molecule has 0 atom stereocenters. The molecule has 1 amide bonds. The van der Waals surface area contributed by atoms with E-state index >= 15 is 0 Å². The number of fused-ring (bicyclic) bond motifs is 1. The molecule has 0 bridgehead atoms. The molecule has 1 aromatic carbocycles. The Bertz CT molecular complexity index is 570. The molecule has 0 aliphatic carbocycles. The third-order valence-electron chi connectivity index (χ3n) is 2.80. The third-order valence-corrected chi connectivity index (χ3v) is 4.66. The van der Waals surface area contributed by atoms with Gasteiger partial charge in [0.05, 0.1) is 4.88 Å². The molecule has 0 unspecified atom stereocenters. The zero-order chi connectivity index (χ0) is 13.7. The normalized spacial score (nSPS) is 10.8. The van der Waals surface area contributed by atoms with Crippen LogP contribution in [0.15, 0.2) is 24.3 Å². The van der Waals surface area contributed by atoms with Crippen LogP contribution in [0.25, 0.3) is 10.1 Å². The van der Waals surface area contributed by atoms with Crippen molar-refractivity contribution >= 4 is 49.9 Å². The van der Waals surface area contributed by atoms with Gasteiger partial charge in [0.2, 0.25) is 0 Å². The van der Waals surface area contributed by atoms with E-state index in [-0.39, 0.29) is 11.7 Å². The van der Waals surface area contributed by atoms with E-state index in [0.717, 1.165) is 27.4 Å². The summed E-state index contributed by atoms with van der Waals surface area (Å²) in [6.07, 6.45) is 3.34. The van der Waals surface area contributed by atoms with Crippen LogP contribution in [-0.2, 0) is 0 Å². The highest BCUT2D eigenvalue weighted by atomic mass is 127. The second-order valence-corrected chi connectivity index (χ2v) is 6.46. The van der Waals surface area contributed by atoms with Gasteiger partial charge in [-0.15, -0.1) is 11.3 Å². The summed E-state index contributed by atoms with van der Waals surface area (Å²) in [5.41, 5.74) is 0. The highest BCUT2D eigenvalue weighted by molar-refractivity contribution is 14.1. The van der Waals surface area contributed by atoms with E-state index in [4.69, 9.17) is 0 Å². The number of alkyl halides is 1. The first-order chi connectivity index (χ1) is 9.20. The zero-order valence-electron chi connectivity index (χ0n) is 10.4. The number of halogens is 2. The van der Waals surface area contributed by atoms with Crippen LogP contribution in [0, 0.1) is 5.82 Å². The summed E-state index contributed by atoms with van der Waals surface area (Å²) < 4.78 is 15.0. The molecule has 2 aromatic rings. The lowest BCUT2D eigenvalue weighted by molar-refractivity contribution is 0.0957. The second kappa shape index (κ2) is 7.19. The molecular weight excluding hydrogens is 376 g/mol. The molecule has 0 spiro atoms. The Labute approximate surface area is 129 Å². The minimum absolute atomic E-state index is 0.0592. The number of rotatable bonds is 6. The second-order valence-electron chi connectivity index (χ2n) is 4.30. The van der Waals surface area contributed by atoms with Crippen molar-refractivity contribution in [1.82, 2.24) is 5.32 Å².